The number of aromatic nitrogens is 3. The maximum atomic E-state index is 13.8. The van der Waals surface area contributed by atoms with Crippen molar-refractivity contribution in [1.82, 2.24) is 13.7 Å². The van der Waals surface area contributed by atoms with E-state index in [2.05, 4.69) is 9.88 Å². The average molecular weight is 495 g/mol. The van der Waals surface area contributed by atoms with Crippen LogP contribution in [0.2, 0.25) is 0 Å². The number of anilines is 1. The van der Waals surface area contributed by atoms with Crippen LogP contribution in [0.5, 0.6) is 11.5 Å². The molecule has 0 aliphatic carbocycles. The number of benzene rings is 3. The van der Waals surface area contributed by atoms with E-state index >= 15 is 0 Å². The van der Waals surface area contributed by atoms with Gasteiger partial charge in [0.05, 0.1) is 53.9 Å². The number of fused-ring (bicyclic) bond motifs is 5. The van der Waals surface area contributed by atoms with Crippen LogP contribution in [0.1, 0.15) is 17.3 Å². The Hall–Kier alpha value is -4.72. The molecular formula is C29H26N4O4. The lowest BCUT2D eigenvalue weighted by Gasteiger charge is -2.31. The Balaban J connectivity index is 1.84. The molecule has 0 saturated carbocycles. The summed E-state index contributed by atoms with van der Waals surface area (Å²) in [4.78, 5) is 27.0. The van der Waals surface area contributed by atoms with Crippen LogP contribution in [0.15, 0.2) is 82.4 Å². The lowest BCUT2D eigenvalue weighted by Crippen LogP contribution is -2.37. The molecule has 5 aromatic rings. The molecule has 1 aliphatic heterocycles. The maximum absolute atomic E-state index is 13.8. The fraction of sp³-hybridized carbons (Fsp3) is 0.172. The molecule has 0 amide bonds. The molecule has 0 saturated heterocycles. The van der Waals surface area contributed by atoms with Crippen molar-refractivity contribution >= 4 is 16.6 Å². The Morgan fingerprint density at radius 1 is 0.811 bits per heavy atom. The summed E-state index contributed by atoms with van der Waals surface area (Å²) >= 11 is 0. The minimum Gasteiger partial charge on any atom is -0.497 e. The third kappa shape index (κ3) is 3.22. The van der Waals surface area contributed by atoms with Crippen LogP contribution in [-0.2, 0) is 14.1 Å². The van der Waals surface area contributed by atoms with Crippen LogP contribution in [0.25, 0.3) is 27.8 Å². The van der Waals surface area contributed by atoms with Gasteiger partial charge in [-0.2, -0.15) is 0 Å². The molecule has 6 rings (SSSR count). The maximum Gasteiger partial charge on any atom is 0.331 e. The van der Waals surface area contributed by atoms with Crippen molar-refractivity contribution in [3.05, 3.63) is 105 Å². The van der Waals surface area contributed by atoms with Gasteiger partial charge in [-0.1, -0.05) is 30.3 Å². The molecule has 2 aromatic heterocycles. The van der Waals surface area contributed by atoms with E-state index in [-0.39, 0.29) is 11.2 Å². The first-order valence-electron chi connectivity index (χ1n) is 11.9. The summed E-state index contributed by atoms with van der Waals surface area (Å²) in [7, 11) is 6.49. The molecule has 0 fully saturated rings. The molecule has 8 heteroatoms. The molecule has 3 heterocycles. The lowest BCUT2D eigenvalue weighted by atomic mass is 9.98. The molecule has 1 N–H and O–H groups in total. The standard InChI is InChI=1S/C29H26N4O4/c1-31-26-23(28(34)32(2)29(31)35)25(17-13-15-18(36-3)16-14-17)33-21-11-7-6-10-20(21)30-24(27(26)33)19-9-5-8-12-22(19)37-4/h5-16,24,30H,1-4H3/t24-/m0/s1. The highest BCUT2D eigenvalue weighted by atomic mass is 16.5. The number of hydrogen-bond donors (Lipinski definition) is 1. The fourth-order valence-corrected chi connectivity index (χ4v) is 5.38. The lowest BCUT2D eigenvalue weighted by molar-refractivity contribution is 0.408. The van der Waals surface area contributed by atoms with E-state index in [0.717, 1.165) is 33.9 Å². The summed E-state index contributed by atoms with van der Waals surface area (Å²) in [6.45, 7) is 0. The van der Waals surface area contributed by atoms with Gasteiger partial charge in [0.1, 0.15) is 11.5 Å². The van der Waals surface area contributed by atoms with Gasteiger partial charge >= 0.3 is 5.69 Å². The van der Waals surface area contributed by atoms with Gasteiger partial charge in [0.25, 0.3) is 5.56 Å². The van der Waals surface area contributed by atoms with Crippen molar-refractivity contribution in [2.24, 2.45) is 14.1 Å². The van der Waals surface area contributed by atoms with E-state index in [4.69, 9.17) is 9.47 Å². The minimum absolute atomic E-state index is 0.345. The molecule has 0 bridgehead atoms. The van der Waals surface area contributed by atoms with Crippen molar-refractivity contribution in [2.45, 2.75) is 6.04 Å². The number of aryl methyl sites for hydroxylation is 1. The average Bonchev–Trinajstić information content (AvgIpc) is 3.31. The number of nitrogens with one attached hydrogen (secondary N) is 1. The van der Waals surface area contributed by atoms with Gasteiger partial charge in [0, 0.05) is 19.7 Å². The van der Waals surface area contributed by atoms with Crippen molar-refractivity contribution < 1.29 is 9.47 Å². The minimum atomic E-state index is -0.391. The van der Waals surface area contributed by atoms with E-state index < -0.39 is 6.04 Å². The van der Waals surface area contributed by atoms with Crippen molar-refractivity contribution in [3.8, 4) is 28.4 Å². The van der Waals surface area contributed by atoms with Gasteiger partial charge in [0.15, 0.2) is 0 Å². The number of ether oxygens (including phenoxy) is 2. The van der Waals surface area contributed by atoms with Gasteiger partial charge in [-0.25, -0.2) is 4.79 Å². The van der Waals surface area contributed by atoms with Crippen LogP contribution in [0.3, 0.4) is 0 Å². The van der Waals surface area contributed by atoms with Crippen molar-refractivity contribution in [3.63, 3.8) is 0 Å². The van der Waals surface area contributed by atoms with Crippen LogP contribution in [0.4, 0.5) is 5.69 Å². The molecule has 1 atom stereocenters. The van der Waals surface area contributed by atoms with E-state index in [1.807, 2.05) is 72.8 Å². The van der Waals surface area contributed by atoms with Crippen molar-refractivity contribution in [1.29, 1.82) is 0 Å². The quantitative estimate of drug-likeness (QED) is 0.405. The molecule has 0 radical (unpaired) electrons. The first kappa shape index (κ1) is 22.7. The number of nitrogens with zero attached hydrogens (tertiary/aromatic N) is 3. The Morgan fingerprint density at radius 2 is 1.51 bits per heavy atom. The van der Waals surface area contributed by atoms with E-state index in [0.29, 0.717) is 22.4 Å². The first-order valence-corrected chi connectivity index (χ1v) is 11.9. The van der Waals surface area contributed by atoms with Gasteiger partial charge in [0.2, 0.25) is 0 Å². The second-order valence-electron chi connectivity index (χ2n) is 9.06. The molecule has 0 spiro atoms. The van der Waals surface area contributed by atoms with Gasteiger partial charge in [-0.15, -0.1) is 0 Å². The zero-order valence-electron chi connectivity index (χ0n) is 21.0. The number of rotatable bonds is 4. The second kappa shape index (κ2) is 8.44. The summed E-state index contributed by atoms with van der Waals surface area (Å²) in [5, 5.41) is 4.13. The van der Waals surface area contributed by atoms with E-state index in [9.17, 15) is 9.59 Å². The molecule has 37 heavy (non-hydrogen) atoms. The number of hydrogen-bond acceptors (Lipinski definition) is 5. The molecular weight excluding hydrogens is 468 g/mol. The van der Waals surface area contributed by atoms with Crippen LogP contribution >= 0.6 is 0 Å². The third-order valence-corrected chi connectivity index (χ3v) is 7.14. The van der Waals surface area contributed by atoms with Crippen LogP contribution < -0.4 is 26.0 Å². The molecule has 8 nitrogen and oxygen atoms in total. The van der Waals surface area contributed by atoms with Gasteiger partial charge in [-0.3, -0.25) is 13.9 Å². The fourth-order valence-electron chi connectivity index (χ4n) is 5.38. The van der Waals surface area contributed by atoms with Crippen LogP contribution in [-0.4, -0.2) is 27.9 Å². The zero-order chi connectivity index (χ0) is 25.8. The Morgan fingerprint density at radius 3 is 2.24 bits per heavy atom. The monoisotopic (exact) mass is 494 g/mol. The predicted octanol–water partition coefficient (Wildman–Crippen LogP) is 4.23. The van der Waals surface area contributed by atoms with E-state index in [1.54, 1.807) is 25.8 Å². The van der Waals surface area contributed by atoms with Crippen LogP contribution in [0, 0.1) is 0 Å². The summed E-state index contributed by atoms with van der Waals surface area (Å²) in [6, 6.07) is 23.0. The number of para-hydroxylation sites is 3. The highest BCUT2D eigenvalue weighted by molar-refractivity contribution is 5.99. The topological polar surface area (TPSA) is 79.4 Å². The smallest absolute Gasteiger partial charge is 0.331 e. The predicted molar refractivity (Wildman–Crippen MR) is 144 cm³/mol. The largest absolute Gasteiger partial charge is 0.497 e. The molecule has 3 aromatic carbocycles. The number of methoxy groups -OCH3 is 2. The second-order valence-corrected chi connectivity index (χ2v) is 9.06. The molecule has 0 unspecified atom stereocenters. The molecule has 186 valence electrons. The highest BCUT2D eigenvalue weighted by Crippen LogP contribution is 2.46. The zero-order valence-corrected chi connectivity index (χ0v) is 21.0. The first-order chi connectivity index (χ1) is 18.0. The van der Waals surface area contributed by atoms with Crippen molar-refractivity contribution in [2.75, 3.05) is 19.5 Å². The molecule has 1 aliphatic rings. The Kier molecular flexibility index (Phi) is 5.19. The van der Waals surface area contributed by atoms with Gasteiger partial charge in [-0.05, 0) is 48.0 Å². The Labute approximate surface area is 212 Å². The summed E-state index contributed by atoms with van der Waals surface area (Å²) in [5.41, 5.74) is 4.89. The summed E-state index contributed by atoms with van der Waals surface area (Å²) < 4.78 is 15.9. The summed E-state index contributed by atoms with van der Waals surface area (Å²) in [5.74, 6) is 1.42. The third-order valence-electron chi connectivity index (χ3n) is 7.14. The highest BCUT2D eigenvalue weighted by Gasteiger charge is 2.35. The normalized spacial score (nSPS) is 14.1. The van der Waals surface area contributed by atoms with E-state index in [1.165, 1.54) is 11.6 Å². The van der Waals surface area contributed by atoms with Gasteiger partial charge < -0.3 is 19.4 Å². The SMILES string of the molecule is COc1ccc(-c2c3c(=O)n(C)c(=O)n(C)c3c3n2-c2ccccc2N[C@H]3c2ccccc2OC)cc1. The summed E-state index contributed by atoms with van der Waals surface area (Å²) in [6.07, 6.45) is 0. The Bertz CT molecular complexity index is 1790.